The summed E-state index contributed by atoms with van der Waals surface area (Å²) in [7, 11) is 0. The van der Waals surface area contributed by atoms with Crippen LogP contribution in [0.1, 0.15) is 5.56 Å². The molecule has 0 aliphatic rings. The van der Waals surface area contributed by atoms with E-state index in [9.17, 15) is 4.79 Å². The molecule has 2 aromatic rings. The minimum absolute atomic E-state index is 0.0152. The van der Waals surface area contributed by atoms with E-state index >= 15 is 0 Å². The molecule has 1 N–H and O–H groups in total. The summed E-state index contributed by atoms with van der Waals surface area (Å²) < 4.78 is 2.59. The molecule has 0 spiro atoms. The average Bonchev–Trinajstić information content (AvgIpc) is 2.40. The molecule has 0 saturated heterocycles. The molecule has 2 rings (SSSR count). The number of aromatic nitrogens is 2. The van der Waals surface area contributed by atoms with Crippen LogP contribution >= 0.6 is 15.9 Å². The number of pyridine rings is 2. The van der Waals surface area contributed by atoms with Gasteiger partial charge in [0.1, 0.15) is 0 Å². The van der Waals surface area contributed by atoms with Gasteiger partial charge in [0, 0.05) is 48.8 Å². The fourth-order valence-corrected chi connectivity index (χ4v) is 1.99. The van der Waals surface area contributed by atoms with Crippen LogP contribution in [0, 0.1) is 0 Å². The van der Waals surface area contributed by atoms with Crippen LogP contribution in [0.5, 0.6) is 0 Å². The maximum Gasteiger partial charge on any atom is 0.250 e. The number of nitrogens with zero attached hydrogens (tertiary/aromatic N) is 2. The maximum atomic E-state index is 11.5. The topological polar surface area (TPSA) is 46.9 Å². The summed E-state index contributed by atoms with van der Waals surface area (Å²) in [5.41, 5.74) is 1.15. The van der Waals surface area contributed by atoms with Crippen LogP contribution in [0.2, 0.25) is 0 Å². The maximum absolute atomic E-state index is 11.5. The van der Waals surface area contributed by atoms with E-state index in [0.29, 0.717) is 6.54 Å². The quantitative estimate of drug-likeness (QED) is 0.857. The molecule has 94 valence electrons. The molecule has 0 aliphatic heterocycles. The molecular formula is C13H14BrN3O. The predicted octanol–water partition coefficient (Wildman–Crippen LogP) is 1.80. The normalized spacial score (nSPS) is 10.5. The highest BCUT2D eigenvalue weighted by molar-refractivity contribution is 9.10. The Bertz CT molecular complexity index is 554. The molecular weight excluding hydrogens is 294 g/mol. The number of hydrogen-bond donors (Lipinski definition) is 1. The van der Waals surface area contributed by atoms with E-state index < -0.39 is 0 Å². The van der Waals surface area contributed by atoms with Crippen LogP contribution in [0.4, 0.5) is 0 Å². The van der Waals surface area contributed by atoms with E-state index in [-0.39, 0.29) is 5.56 Å². The Morgan fingerprint density at radius 2 is 2.22 bits per heavy atom. The van der Waals surface area contributed by atoms with Gasteiger partial charge in [0.25, 0.3) is 5.56 Å². The van der Waals surface area contributed by atoms with Crippen LogP contribution in [0.25, 0.3) is 0 Å². The number of rotatable bonds is 5. The van der Waals surface area contributed by atoms with Crippen molar-refractivity contribution in [1.82, 2.24) is 14.9 Å². The van der Waals surface area contributed by atoms with Crippen molar-refractivity contribution in [2.24, 2.45) is 0 Å². The minimum atomic E-state index is 0.0152. The summed E-state index contributed by atoms with van der Waals surface area (Å²) in [6.07, 6.45) is 5.39. The third kappa shape index (κ3) is 3.78. The molecule has 0 radical (unpaired) electrons. The highest BCUT2D eigenvalue weighted by atomic mass is 79.9. The standard InChI is InChI=1S/C13H14BrN3O/c14-12-3-4-13(18)17(10-12)7-6-16-9-11-2-1-5-15-8-11/h1-5,8,10,16H,6-7,9H2. The number of hydrogen-bond acceptors (Lipinski definition) is 3. The Morgan fingerprint density at radius 1 is 1.33 bits per heavy atom. The van der Waals surface area contributed by atoms with Crippen molar-refractivity contribution >= 4 is 15.9 Å². The first-order chi connectivity index (χ1) is 8.75. The van der Waals surface area contributed by atoms with Gasteiger partial charge in [-0.05, 0) is 33.6 Å². The largest absolute Gasteiger partial charge is 0.313 e. The van der Waals surface area contributed by atoms with Gasteiger partial charge in [-0.2, -0.15) is 0 Å². The second-order valence-electron chi connectivity index (χ2n) is 3.92. The molecule has 0 amide bonds. The molecule has 0 unspecified atom stereocenters. The Morgan fingerprint density at radius 3 is 3.00 bits per heavy atom. The van der Waals surface area contributed by atoms with Crippen molar-refractivity contribution in [2.75, 3.05) is 6.54 Å². The van der Waals surface area contributed by atoms with Crippen molar-refractivity contribution in [3.05, 3.63) is 63.2 Å². The highest BCUT2D eigenvalue weighted by Crippen LogP contribution is 2.04. The minimum Gasteiger partial charge on any atom is -0.313 e. The Kier molecular flexibility index (Phi) is 4.66. The molecule has 0 aromatic carbocycles. The van der Waals surface area contributed by atoms with Gasteiger partial charge in [0.15, 0.2) is 0 Å². The second kappa shape index (κ2) is 6.47. The summed E-state index contributed by atoms with van der Waals surface area (Å²) in [5, 5.41) is 3.28. The molecule has 18 heavy (non-hydrogen) atoms. The van der Waals surface area contributed by atoms with Gasteiger partial charge in [0.2, 0.25) is 0 Å². The molecule has 5 heteroatoms. The van der Waals surface area contributed by atoms with Gasteiger partial charge >= 0.3 is 0 Å². The van der Waals surface area contributed by atoms with Crippen molar-refractivity contribution < 1.29 is 0 Å². The van der Waals surface area contributed by atoms with Gasteiger partial charge in [-0.15, -0.1) is 0 Å². The Labute approximate surface area is 114 Å². The Hall–Kier alpha value is -1.46. The zero-order valence-electron chi connectivity index (χ0n) is 9.84. The third-order valence-corrected chi connectivity index (χ3v) is 3.00. The van der Waals surface area contributed by atoms with Crippen LogP contribution < -0.4 is 10.9 Å². The van der Waals surface area contributed by atoms with E-state index in [2.05, 4.69) is 26.2 Å². The summed E-state index contributed by atoms with van der Waals surface area (Å²) in [4.78, 5) is 15.6. The summed E-state index contributed by atoms with van der Waals surface area (Å²) in [6, 6.07) is 7.24. The number of halogens is 1. The summed E-state index contributed by atoms with van der Waals surface area (Å²) in [5.74, 6) is 0. The first-order valence-corrected chi connectivity index (χ1v) is 6.50. The van der Waals surface area contributed by atoms with E-state index in [4.69, 9.17) is 0 Å². The van der Waals surface area contributed by atoms with Gasteiger partial charge in [-0.1, -0.05) is 6.07 Å². The monoisotopic (exact) mass is 307 g/mol. The van der Waals surface area contributed by atoms with Gasteiger partial charge < -0.3 is 9.88 Å². The van der Waals surface area contributed by atoms with Crippen LogP contribution in [-0.4, -0.2) is 16.1 Å². The average molecular weight is 308 g/mol. The lowest BCUT2D eigenvalue weighted by Gasteiger charge is -2.07. The second-order valence-corrected chi connectivity index (χ2v) is 4.83. The highest BCUT2D eigenvalue weighted by Gasteiger charge is 1.97. The van der Waals surface area contributed by atoms with Gasteiger partial charge in [0.05, 0.1) is 0 Å². The van der Waals surface area contributed by atoms with Crippen molar-refractivity contribution in [2.45, 2.75) is 13.1 Å². The lowest BCUT2D eigenvalue weighted by molar-refractivity contribution is 0.583. The van der Waals surface area contributed by atoms with Crippen molar-refractivity contribution in [3.8, 4) is 0 Å². The first kappa shape index (κ1) is 13.0. The fourth-order valence-electron chi connectivity index (χ4n) is 1.61. The molecule has 4 nitrogen and oxygen atoms in total. The van der Waals surface area contributed by atoms with Gasteiger partial charge in [-0.25, -0.2) is 0 Å². The van der Waals surface area contributed by atoms with Gasteiger partial charge in [-0.3, -0.25) is 9.78 Å². The summed E-state index contributed by atoms with van der Waals surface area (Å²) in [6.45, 7) is 2.15. The van der Waals surface area contributed by atoms with Crippen molar-refractivity contribution in [3.63, 3.8) is 0 Å². The van der Waals surface area contributed by atoms with Crippen LogP contribution in [-0.2, 0) is 13.1 Å². The Balaban J connectivity index is 1.82. The molecule has 0 bridgehead atoms. The van der Waals surface area contributed by atoms with E-state index in [1.54, 1.807) is 29.1 Å². The number of nitrogens with one attached hydrogen (secondary N) is 1. The molecule has 0 fully saturated rings. The van der Waals surface area contributed by atoms with E-state index in [0.717, 1.165) is 23.1 Å². The summed E-state index contributed by atoms with van der Waals surface area (Å²) >= 11 is 3.35. The third-order valence-electron chi connectivity index (χ3n) is 2.53. The zero-order chi connectivity index (χ0) is 12.8. The fraction of sp³-hybridized carbons (Fsp3) is 0.231. The smallest absolute Gasteiger partial charge is 0.250 e. The van der Waals surface area contributed by atoms with Crippen molar-refractivity contribution in [1.29, 1.82) is 0 Å². The first-order valence-electron chi connectivity index (χ1n) is 5.71. The SMILES string of the molecule is O=c1ccc(Br)cn1CCNCc1cccnc1. The molecule has 0 atom stereocenters. The lowest BCUT2D eigenvalue weighted by Crippen LogP contribution is -2.26. The van der Waals surface area contributed by atoms with Crippen LogP contribution in [0.15, 0.2) is 52.1 Å². The zero-order valence-corrected chi connectivity index (χ0v) is 11.4. The van der Waals surface area contributed by atoms with E-state index in [1.807, 2.05) is 18.3 Å². The lowest BCUT2D eigenvalue weighted by atomic mass is 10.3. The molecule has 2 aromatic heterocycles. The molecule has 0 aliphatic carbocycles. The molecule has 0 saturated carbocycles. The van der Waals surface area contributed by atoms with Crippen LogP contribution in [0.3, 0.4) is 0 Å². The molecule has 2 heterocycles. The predicted molar refractivity (Wildman–Crippen MR) is 74.3 cm³/mol. The van der Waals surface area contributed by atoms with E-state index in [1.165, 1.54) is 0 Å².